The molecule has 0 radical (unpaired) electrons. The molecular formula is C31H31N3O5. The first-order chi connectivity index (χ1) is 19.0. The summed E-state index contributed by atoms with van der Waals surface area (Å²) < 4.78 is 11.3. The van der Waals surface area contributed by atoms with Gasteiger partial charge in [-0.3, -0.25) is 9.59 Å². The van der Waals surface area contributed by atoms with Crippen LogP contribution in [0.5, 0.6) is 11.5 Å². The molecule has 200 valence electrons. The summed E-state index contributed by atoms with van der Waals surface area (Å²) in [5, 5.41) is 11.9. The summed E-state index contributed by atoms with van der Waals surface area (Å²) in [6.45, 7) is 2.37. The smallest absolute Gasteiger partial charge is 0.246 e. The molecule has 1 fully saturated rings. The fourth-order valence-electron chi connectivity index (χ4n) is 5.94. The second-order valence-electron chi connectivity index (χ2n) is 9.97. The number of hydrogen-bond acceptors (Lipinski definition) is 5. The summed E-state index contributed by atoms with van der Waals surface area (Å²) in [6, 6.07) is 21.7. The molecule has 2 aliphatic rings. The maximum Gasteiger partial charge on any atom is 0.246 e. The molecule has 3 heterocycles. The quantitative estimate of drug-likeness (QED) is 0.381. The number of hydrogen-bond donors (Lipinski definition) is 2. The fourth-order valence-corrected chi connectivity index (χ4v) is 5.94. The van der Waals surface area contributed by atoms with Crippen molar-refractivity contribution in [2.24, 2.45) is 0 Å². The monoisotopic (exact) mass is 525 g/mol. The number of carbonyl (C=O) groups excluding carboxylic acids is 2. The van der Waals surface area contributed by atoms with E-state index in [1.807, 2.05) is 79.7 Å². The highest BCUT2D eigenvalue weighted by Gasteiger charge is 2.48. The van der Waals surface area contributed by atoms with E-state index in [4.69, 9.17) is 9.47 Å². The first-order valence-electron chi connectivity index (χ1n) is 13.2. The number of nitrogens with one attached hydrogen (secondary N) is 1. The summed E-state index contributed by atoms with van der Waals surface area (Å²) in [4.78, 5) is 34.5. The molecule has 4 aromatic rings. The molecule has 2 aliphatic heterocycles. The van der Waals surface area contributed by atoms with Gasteiger partial charge < -0.3 is 29.4 Å². The van der Waals surface area contributed by atoms with Gasteiger partial charge in [-0.2, -0.15) is 0 Å². The zero-order chi connectivity index (χ0) is 27.1. The third-order valence-corrected chi connectivity index (χ3v) is 7.72. The Morgan fingerprint density at radius 1 is 1.03 bits per heavy atom. The lowest BCUT2D eigenvalue weighted by molar-refractivity contribution is -0.159. The highest BCUT2D eigenvalue weighted by Crippen LogP contribution is 2.44. The van der Waals surface area contributed by atoms with E-state index in [1.165, 1.54) is 4.90 Å². The number of aliphatic hydroxyl groups excluding tert-OH is 1. The second-order valence-corrected chi connectivity index (χ2v) is 9.97. The number of β-amino-alcohol motifs (C(OH)–C–C–N with tert-alkyl or cyclic N) is 1. The van der Waals surface area contributed by atoms with Crippen LogP contribution in [-0.2, 0) is 16.0 Å². The summed E-state index contributed by atoms with van der Waals surface area (Å²) in [6.07, 6.45) is -0.486. The summed E-state index contributed by atoms with van der Waals surface area (Å²) in [7, 11) is 1.59. The Bertz CT molecular complexity index is 1530. The topological polar surface area (TPSA) is 95.1 Å². The minimum Gasteiger partial charge on any atom is -0.493 e. The number of aliphatic hydroxyl groups is 1. The van der Waals surface area contributed by atoms with Crippen LogP contribution in [0.4, 0.5) is 0 Å². The van der Waals surface area contributed by atoms with Gasteiger partial charge in [0.1, 0.15) is 6.04 Å². The van der Waals surface area contributed by atoms with Crippen LogP contribution in [0.15, 0.2) is 72.8 Å². The first kappa shape index (κ1) is 25.0. The number of amides is 2. The highest BCUT2D eigenvalue weighted by molar-refractivity contribution is 5.97. The molecule has 8 nitrogen and oxygen atoms in total. The van der Waals surface area contributed by atoms with Gasteiger partial charge in [0, 0.05) is 23.0 Å². The highest BCUT2D eigenvalue weighted by atomic mass is 16.5. The van der Waals surface area contributed by atoms with E-state index in [9.17, 15) is 14.7 Å². The van der Waals surface area contributed by atoms with Crippen molar-refractivity contribution in [1.82, 2.24) is 14.8 Å². The Hall–Kier alpha value is -4.30. The molecule has 2 amide bonds. The molecule has 2 unspecified atom stereocenters. The standard InChI is InChI=1S/C31H31N3O5/c1-3-39-26-14-13-20(15-27(26)38-2)30-29-22(21-11-7-8-12-23(21)32-29)16-24-31(37)33(18-28(36)34(24)30)17-25(35)19-9-5-4-6-10-19/h4-15,24-25,30,32,35H,3,16-18H2,1-2H3/t24-,25?,30?/m0/s1. The number of carbonyl (C=O) groups is 2. The Kier molecular flexibility index (Phi) is 6.48. The number of para-hydroxylation sites is 1. The third kappa shape index (κ3) is 4.30. The predicted molar refractivity (Wildman–Crippen MR) is 147 cm³/mol. The van der Waals surface area contributed by atoms with E-state index in [2.05, 4.69) is 4.98 Å². The molecule has 0 spiro atoms. The van der Waals surface area contributed by atoms with Gasteiger partial charge in [0.25, 0.3) is 0 Å². The lowest BCUT2D eigenvalue weighted by Gasteiger charge is -2.47. The molecule has 3 atom stereocenters. The van der Waals surface area contributed by atoms with Gasteiger partial charge in [0.2, 0.25) is 11.8 Å². The zero-order valence-corrected chi connectivity index (χ0v) is 22.0. The van der Waals surface area contributed by atoms with Crippen LogP contribution in [-0.4, -0.2) is 64.6 Å². The van der Waals surface area contributed by atoms with E-state index in [-0.39, 0.29) is 24.9 Å². The Labute approximate surface area is 226 Å². The van der Waals surface area contributed by atoms with Crippen molar-refractivity contribution in [3.63, 3.8) is 0 Å². The number of aromatic nitrogens is 1. The van der Waals surface area contributed by atoms with Crippen molar-refractivity contribution in [2.75, 3.05) is 26.8 Å². The minimum atomic E-state index is -0.882. The molecular weight excluding hydrogens is 494 g/mol. The van der Waals surface area contributed by atoms with Gasteiger partial charge >= 0.3 is 0 Å². The number of H-pyrrole nitrogens is 1. The second kappa shape index (κ2) is 10.1. The number of piperazine rings is 1. The normalized spacial score (nSPS) is 19.6. The summed E-state index contributed by atoms with van der Waals surface area (Å²) in [5.41, 5.74) is 4.42. The van der Waals surface area contributed by atoms with Crippen LogP contribution >= 0.6 is 0 Å². The molecule has 39 heavy (non-hydrogen) atoms. The van der Waals surface area contributed by atoms with E-state index in [0.717, 1.165) is 27.7 Å². The van der Waals surface area contributed by atoms with Gasteiger partial charge in [0.15, 0.2) is 11.5 Å². The number of methoxy groups -OCH3 is 1. The molecule has 1 saturated heterocycles. The van der Waals surface area contributed by atoms with Crippen LogP contribution in [0, 0.1) is 0 Å². The number of nitrogens with zero attached hydrogens (tertiary/aromatic N) is 2. The van der Waals surface area contributed by atoms with Crippen molar-refractivity contribution in [3.8, 4) is 11.5 Å². The third-order valence-electron chi connectivity index (χ3n) is 7.72. The van der Waals surface area contributed by atoms with E-state index in [1.54, 1.807) is 12.0 Å². The number of ether oxygens (including phenoxy) is 2. The number of benzene rings is 3. The Morgan fingerprint density at radius 3 is 2.56 bits per heavy atom. The molecule has 1 aromatic heterocycles. The van der Waals surface area contributed by atoms with Crippen molar-refractivity contribution in [3.05, 3.63) is 95.2 Å². The van der Waals surface area contributed by atoms with Crippen LogP contribution in [0.2, 0.25) is 0 Å². The van der Waals surface area contributed by atoms with Gasteiger partial charge in [-0.1, -0.05) is 54.6 Å². The molecule has 0 bridgehead atoms. The number of fused-ring (bicyclic) bond motifs is 4. The fraction of sp³-hybridized carbons (Fsp3) is 0.290. The molecule has 6 rings (SSSR count). The van der Waals surface area contributed by atoms with E-state index < -0.39 is 18.2 Å². The maximum absolute atomic E-state index is 13.9. The predicted octanol–water partition coefficient (Wildman–Crippen LogP) is 3.99. The van der Waals surface area contributed by atoms with Crippen LogP contribution in [0.25, 0.3) is 10.9 Å². The lowest BCUT2D eigenvalue weighted by Crippen LogP contribution is -2.63. The SMILES string of the molecule is CCOc1ccc(C2c3[nH]c4ccccc4c3C[C@H]3C(=O)N(CC(O)c4ccccc4)CC(=O)N23)cc1OC. The average molecular weight is 526 g/mol. The molecule has 0 aliphatic carbocycles. The molecule has 0 saturated carbocycles. The largest absolute Gasteiger partial charge is 0.493 e. The molecule has 3 aromatic carbocycles. The average Bonchev–Trinajstić information content (AvgIpc) is 3.34. The van der Waals surface area contributed by atoms with Crippen LogP contribution < -0.4 is 9.47 Å². The zero-order valence-electron chi connectivity index (χ0n) is 22.0. The van der Waals surface area contributed by atoms with E-state index >= 15 is 0 Å². The van der Waals surface area contributed by atoms with Gasteiger partial charge in [-0.25, -0.2) is 0 Å². The van der Waals surface area contributed by atoms with Crippen molar-refractivity contribution < 1.29 is 24.2 Å². The van der Waals surface area contributed by atoms with E-state index in [0.29, 0.717) is 30.1 Å². The molecule has 2 N–H and O–H groups in total. The van der Waals surface area contributed by atoms with Gasteiger partial charge in [0.05, 0.1) is 39.0 Å². The maximum atomic E-state index is 13.9. The van der Waals surface area contributed by atoms with Crippen LogP contribution in [0.1, 0.15) is 41.5 Å². The van der Waals surface area contributed by atoms with Crippen LogP contribution in [0.3, 0.4) is 0 Å². The lowest BCUT2D eigenvalue weighted by atomic mass is 9.86. The van der Waals surface area contributed by atoms with Gasteiger partial charge in [-0.05, 0) is 41.8 Å². The Balaban J connectivity index is 1.42. The summed E-state index contributed by atoms with van der Waals surface area (Å²) in [5.74, 6) is 0.859. The first-order valence-corrected chi connectivity index (χ1v) is 13.2. The minimum absolute atomic E-state index is 0.0568. The van der Waals surface area contributed by atoms with Crippen molar-refractivity contribution in [2.45, 2.75) is 31.5 Å². The number of rotatable bonds is 7. The van der Waals surface area contributed by atoms with Gasteiger partial charge in [-0.15, -0.1) is 0 Å². The number of aromatic amines is 1. The summed E-state index contributed by atoms with van der Waals surface area (Å²) >= 11 is 0. The Morgan fingerprint density at radius 2 is 1.79 bits per heavy atom. The van der Waals surface area contributed by atoms with Crippen molar-refractivity contribution in [1.29, 1.82) is 0 Å². The molecule has 8 heteroatoms. The van der Waals surface area contributed by atoms with Crippen molar-refractivity contribution >= 4 is 22.7 Å².